The van der Waals surface area contributed by atoms with Crippen LogP contribution in [0.2, 0.25) is 0 Å². The Bertz CT molecular complexity index is 1490. The van der Waals surface area contributed by atoms with E-state index in [1.165, 1.54) is 0 Å². The molecule has 0 atom stereocenters. The number of fused-ring (bicyclic) bond motifs is 2. The summed E-state index contributed by atoms with van der Waals surface area (Å²) in [6.45, 7) is 0. The third-order valence-corrected chi connectivity index (χ3v) is 8.53. The van der Waals surface area contributed by atoms with Gasteiger partial charge in [0, 0.05) is 0 Å². The normalized spacial score (nSPS) is 17.5. The molecule has 0 radical (unpaired) electrons. The molecule has 0 spiro atoms. The summed E-state index contributed by atoms with van der Waals surface area (Å²) in [6, 6.07) is 25.3. The second-order valence-corrected chi connectivity index (χ2v) is 10.7. The van der Waals surface area contributed by atoms with Crippen molar-refractivity contribution in [2.45, 2.75) is 0 Å². The fourth-order valence-electron chi connectivity index (χ4n) is 3.69. The van der Waals surface area contributed by atoms with Gasteiger partial charge in [-0.2, -0.15) is 0 Å². The van der Waals surface area contributed by atoms with Gasteiger partial charge in [0.1, 0.15) is 0 Å². The van der Waals surface area contributed by atoms with Crippen molar-refractivity contribution in [3.63, 3.8) is 0 Å². The molecule has 0 fully saturated rings. The standard InChI is InChI=1S/C24H16O4S2/c25-29(26)16-24(22-12-10-18-6-2-4-8-20(18)14-22)30(27,28)15-23(29)21-11-9-17-5-1-3-7-19(17)13-21/h1-16H. The third-order valence-electron chi connectivity index (χ3n) is 5.21. The van der Waals surface area contributed by atoms with E-state index in [9.17, 15) is 16.8 Å². The second-order valence-electron chi connectivity index (χ2n) is 7.18. The first-order valence-electron chi connectivity index (χ1n) is 9.25. The van der Waals surface area contributed by atoms with Crippen molar-refractivity contribution in [3.8, 4) is 0 Å². The van der Waals surface area contributed by atoms with E-state index < -0.39 is 19.7 Å². The highest BCUT2D eigenvalue weighted by atomic mass is 32.2. The van der Waals surface area contributed by atoms with Crippen molar-refractivity contribution >= 4 is 51.0 Å². The van der Waals surface area contributed by atoms with Gasteiger partial charge in [-0.05, 0) is 44.8 Å². The van der Waals surface area contributed by atoms with E-state index in [0.717, 1.165) is 32.4 Å². The lowest BCUT2D eigenvalue weighted by molar-refractivity contribution is 0.608. The van der Waals surface area contributed by atoms with Crippen LogP contribution in [0.15, 0.2) is 95.7 Å². The van der Waals surface area contributed by atoms with E-state index in [0.29, 0.717) is 11.1 Å². The molecule has 4 nitrogen and oxygen atoms in total. The predicted molar refractivity (Wildman–Crippen MR) is 122 cm³/mol. The predicted octanol–water partition coefficient (Wildman–Crippen LogP) is 5.13. The topological polar surface area (TPSA) is 68.3 Å². The van der Waals surface area contributed by atoms with Crippen molar-refractivity contribution in [2.75, 3.05) is 0 Å². The lowest BCUT2D eigenvalue weighted by Gasteiger charge is -2.16. The molecule has 0 N–H and O–H groups in total. The molecule has 0 unspecified atom stereocenters. The van der Waals surface area contributed by atoms with Crippen molar-refractivity contribution in [2.24, 2.45) is 0 Å². The highest BCUT2D eigenvalue weighted by Crippen LogP contribution is 2.37. The zero-order valence-corrected chi connectivity index (χ0v) is 17.3. The number of benzene rings is 4. The van der Waals surface area contributed by atoms with Crippen LogP contribution in [0, 0.1) is 0 Å². The average molecular weight is 433 g/mol. The summed E-state index contributed by atoms with van der Waals surface area (Å²) in [5.41, 5.74) is 0.706. The van der Waals surface area contributed by atoms with Crippen LogP contribution < -0.4 is 0 Å². The number of sulfone groups is 2. The molecule has 30 heavy (non-hydrogen) atoms. The van der Waals surface area contributed by atoms with Crippen LogP contribution in [0.5, 0.6) is 0 Å². The summed E-state index contributed by atoms with van der Waals surface area (Å²) in [4.78, 5) is -0.421. The van der Waals surface area contributed by atoms with Crippen LogP contribution in [0.25, 0.3) is 31.4 Å². The van der Waals surface area contributed by atoms with E-state index in [4.69, 9.17) is 0 Å². The van der Waals surface area contributed by atoms with Crippen LogP contribution in [0.4, 0.5) is 0 Å². The van der Waals surface area contributed by atoms with Gasteiger partial charge in [-0.3, -0.25) is 0 Å². The average Bonchev–Trinajstić information content (AvgIpc) is 2.74. The molecule has 1 heterocycles. The van der Waals surface area contributed by atoms with Crippen molar-refractivity contribution < 1.29 is 16.8 Å². The Morgan fingerprint density at radius 1 is 0.433 bits per heavy atom. The molecule has 1 aliphatic rings. The highest BCUT2D eigenvalue weighted by Gasteiger charge is 2.32. The Hall–Kier alpha value is -3.22. The van der Waals surface area contributed by atoms with Gasteiger partial charge in [-0.25, -0.2) is 16.8 Å². The smallest absolute Gasteiger partial charge is 0.202 e. The maximum atomic E-state index is 13.0. The Morgan fingerprint density at radius 3 is 1.20 bits per heavy atom. The van der Waals surface area contributed by atoms with Crippen LogP contribution in [-0.2, 0) is 19.7 Å². The summed E-state index contributed by atoms with van der Waals surface area (Å²) in [5.74, 6) is 0. The minimum absolute atomic E-state index is 0.210. The first-order valence-corrected chi connectivity index (χ1v) is 12.3. The SMILES string of the molecule is O=S1(=O)C=C(c2ccc3ccccc3c2)S(=O)(=O)C=C1c1ccc2ccccc2c1. The number of hydrogen-bond acceptors (Lipinski definition) is 4. The Morgan fingerprint density at radius 2 is 0.800 bits per heavy atom. The molecule has 4 aromatic rings. The van der Waals surface area contributed by atoms with Gasteiger partial charge in [0.15, 0.2) is 0 Å². The lowest BCUT2D eigenvalue weighted by Crippen LogP contribution is -2.12. The fourth-order valence-corrected chi connectivity index (χ4v) is 7.53. The Balaban J connectivity index is 1.66. The summed E-state index contributed by atoms with van der Waals surface area (Å²) in [6.07, 6.45) is 0. The Kier molecular flexibility index (Phi) is 4.17. The van der Waals surface area contributed by atoms with Crippen molar-refractivity contribution in [3.05, 3.63) is 107 Å². The largest absolute Gasteiger partial charge is 0.219 e. The van der Waals surface area contributed by atoms with Crippen LogP contribution >= 0.6 is 0 Å². The summed E-state index contributed by atoms with van der Waals surface area (Å²) < 4.78 is 52.2. The fraction of sp³-hybridized carbons (Fsp3) is 0. The molecular weight excluding hydrogens is 416 g/mol. The first-order chi connectivity index (χ1) is 14.3. The van der Waals surface area contributed by atoms with E-state index in [1.54, 1.807) is 36.4 Å². The van der Waals surface area contributed by atoms with E-state index >= 15 is 0 Å². The van der Waals surface area contributed by atoms with E-state index in [1.807, 2.05) is 48.5 Å². The van der Waals surface area contributed by atoms with E-state index in [-0.39, 0.29) is 9.81 Å². The molecule has 0 aliphatic carbocycles. The van der Waals surface area contributed by atoms with Gasteiger partial charge >= 0.3 is 0 Å². The third kappa shape index (κ3) is 3.14. The molecule has 0 aromatic heterocycles. The van der Waals surface area contributed by atoms with Gasteiger partial charge in [0.2, 0.25) is 19.7 Å². The summed E-state index contributed by atoms with van der Waals surface area (Å²) in [7, 11) is -7.89. The molecule has 0 amide bonds. The van der Waals surface area contributed by atoms with Gasteiger partial charge in [0.25, 0.3) is 0 Å². The highest BCUT2D eigenvalue weighted by molar-refractivity contribution is 8.11. The Labute approximate surface area is 174 Å². The zero-order valence-electron chi connectivity index (χ0n) is 15.7. The second kappa shape index (κ2) is 6.65. The van der Waals surface area contributed by atoms with Crippen LogP contribution in [0.3, 0.4) is 0 Å². The van der Waals surface area contributed by atoms with Gasteiger partial charge in [-0.15, -0.1) is 0 Å². The minimum Gasteiger partial charge on any atom is -0.219 e. The maximum absolute atomic E-state index is 13.0. The van der Waals surface area contributed by atoms with Crippen molar-refractivity contribution in [1.29, 1.82) is 0 Å². The number of rotatable bonds is 2. The summed E-state index contributed by atoms with van der Waals surface area (Å²) in [5, 5.41) is 5.32. The molecule has 1 aliphatic heterocycles. The molecule has 0 saturated heterocycles. The van der Waals surface area contributed by atoms with E-state index in [2.05, 4.69) is 0 Å². The molecular formula is C24H16O4S2. The van der Waals surface area contributed by atoms with Gasteiger partial charge < -0.3 is 0 Å². The minimum atomic E-state index is -3.95. The zero-order chi connectivity index (χ0) is 20.9. The van der Waals surface area contributed by atoms with Gasteiger partial charge in [-0.1, -0.05) is 72.8 Å². The first kappa shape index (κ1) is 18.8. The monoisotopic (exact) mass is 432 g/mol. The van der Waals surface area contributed by atoms with Crippen molar-refractivity contribution in [1.82, 2.24) is 0 Å². The summed E-state index contributed by atoms with van der Waals surface area (Å²) >= 11 is 0. The van der Waals surface area contributed by atoms with Gasteiger partial charge in [0.05, 0.1) is 20.6 Å². The quantitative estimate of drug-likeness (QED) is 0.440. The molecule has 148 valence electrons. The molecule has 0 saturated carbocycles. The molecule has 0 bridgehead atoms. The number of hydrogen-bond donors (Lipinski definition) is 0. The van der Waals surface area contributed by atoms with Crippen LogP contribution in [0.1, 0.15) is 11.1 Å². The molecule has 5 rings (SSSR count). The van der Waals surface area contributed by atoms with Crippen LogP contribution in [-0.4, -0.2) is 16.8 Å². The molecule has 6 heteroatoms. The lowest BCUT2D eigenvalue weighted by atomic mass is 10.1. The maximum Gasteiger partial charge on any atom is 0.202 e. The molecule has 4 aromatic carbocycles.